The van der Waals surface area contributed by atoms with Crippen molar-refractivity contribution in [2.75, 3.05) is 11.9 Å². The maximum Gasteiger partial charge on any atom is 0.335 e. The lowest BCUT2D eigenvalue weighted by Crippen LogP contribution is -2.23. The van der Waals surface area contributed by atoms with Gasteiger partial charge in [-0.1, -0.05) is 11.8 Å². The van der Waals surface area contributed by atoms with Crippen LogP contribution in [-0.4, -0.2) is 18.4 Å². The third-order valence-electron chi connectivity index (χ3n) is 2.74. The quantitative estimate of drug-likeness (QED) is 0.838. The van der Waals surface area contributed by atoms with Crippen molar-refractivity contribution in [2.24, 2.45) is 0 Å². The van der Waals surface area contributed by atoms with Crippen LogP contribution in [0.15, 0.2) is 51.9 Å². The molecule has 2 amide bonds. The topological polar surface area (TPSA) is 88.4 Å². The number of rotatable bonds is 3. The number of anilines is 1. The van der Waals surface area contributed by atoms with Crippen LogP contribution in [0.1, 0.15) is 22.8 Å². The van der Waals surface area contributed by atoms with Gasteiger partial charge in [0.15, 0.2) is 0 Å². The van der Waals surface area contributed by atoms with Crippen molar-refractivity contribution in [1.29, 1.82) is 0 Å². The molecule has 0 radical (unpaired) electrons. The van der Waals surface area contributed by atoms with Crippen molar-refractivity contribution < 1.29 is 14.0 Å². The van der Waals surface area contributed by atoms with E-state index in [2.05, 4.69) is 26.9 Å². The molecular formula is C17H14N2O4. The molecule has 1 aromatic heterocycles. The van der Waals surface area contributed by atoms with Crippen LogP contribution in [0.5, 0.6) is 0 Å². The molecule has 0 aliphatic rings. The van der Waals surface area contributed by atoms with E-state index in [-0.39, 0.29) is 23.9 Å². The van der Waals surface area contributed by atoms with Crippen molar-refractivity contribution in [2.45, 2.75) is 6.92 Å². The highest BCUT2D eigenvalue weighted by Crippen LogP contribution is 2.08. The van der Waals surface area contributed by atoms with Gasteiger partial charge in [-0.05, 0) is 30.3 Å². The fourth-order valence-electron chi connectivity index (χ4n) is 1.70. The SMILES string of the molecule is CC(=O)Nc1ccc(C#CCNC(=O)c2ccc(=O)oc2)cc1. The molecular weight excluding hydrogens is 296 g/mol. The van der Waals surface area contributed by atoms with Crippen LogP contribution < -0.4 is 16.3 Å². The Morgan fingerprint density at radius 2 is 1.87 bits per heavy atom. The smallest absolute Gasteiger partial charge is 0.335 e. The van der Waals surface area contributed by atoms with Crippen molar-refractivity contribution in [3.63, 3.8) is 0 Å². The lowest BCUT2D eigenvalue weighted by Gasteiger charge is -2.01. The number of hydrogen-bond acceptors (Lipinski definition) is 4. The van der Waals surface area contributed by atoms with E-state index < -0.39 is 5.63 Å². The second kappa shape index (κ2) is 7.61. The number of carbonyl (C=O) groups excluding carboxylic acids is 2. The summed E-state index contributed by atoms with van der Waals surface area (Å²) in [6, 6.07) is 9.59. The summed E-state index contributed by atoms with van der Waals surface area (Å²) in [6.45, 7) is 1.60. The van der Waals surface area contributed by atoms with E-state index in [0.717, 1.165) is 11.8 Å². The molecule has 2 aromatic rings. The van der Waals surface area contributed by atoms with Crippen LogP contribution in [0.2, 0.25) is 0 Å². The number of hydrogen-bond donors (Lipinski definition) is 2. The van der Waals surface area contributed by atoms with Gasteiger partial charge >= 0.3 is 5.63 Å². The van der Waals surface area contributed by atoms with Gasteiger partial charge < -0.3 is 15.1 Å². The first kappa shape index (κ1) is 16.0. The van der Waals surface area contributed by atoms with E-state index in [1.165, 1.54) is 19.1 Å². The van der Waals surface area contributed by atoms with Crippen LogP contribution in [0.25, 0.3) is 0 Å². The summed E-state index contributed by atoms with van der Waals surface area (Å²) in [7, 11) is 0. The Bertz CT molecular complexity index is 806. The molecule has 0 saturated heterocycles. The predicted octanol–water partition coefficient (Wildman–Crippen LogP) is 1.38. The molecule has 0 aliphatic heterocycles. The zero-order valence-electron chi connectivity index (χ0n) is 12.4. The Labute approximate surface area is 132 Å². The van der Waals surface area contributed by atoms with E-state index in [1.54, 1.807) is 24.3 Å². The maximum absolute atomic E-state index is 11.7. The molecule has 0 unspecified atom stereocenters. The summed E-state index contributed by atoms with van der Waals surface area (Å²) < 4.78 is 4.61. The normalized spacial score (nSPS) is 9.43. The molecule has 0 fully saturated rings. The molecule has 116 valence electrons. The van der Waals surface area contributed by atoms with Gasteiger partial charge in [-0.25, -0.2) is 4.79 Å². The van der Waals surface area contributed by atoms with Crippen molar-refractivity contribution in [3.8, 4) is 11.8 Å². The average Bonchev–Trinajstić information content (AvgIpc) is 2.53. The minimum Gasteiger partial charge on any atom is -0.430 e. The molecule has 0 atom stereocenters. The molecule has 0 bridgehead atoms. The Hall–Kier alpha value is -3.33. The number of amides is 2. The minimum absolute atomic E-state index is 0.136. The lowest BCUT2D eigenvalue weighted by atomic mass is 10.2. The number of benzene rings is 1. The molecule has 0 spiro atoms. The highest BCUT2D eigenvalue weighted by molar-refractivity contribution is 5.93. The van der Waals surface area contributed by atoms with Crippen LogP contribution in [0.3, 0.4) is 0 Å². The zero-order chi connectivity index (χ0) is 16.7. The van der Waals surface area contributed by atoms with Crippen molar-refractivity contribution in [1.82, 2.24) is 5.32 Å². The van der Waals surface area contributed by atoms with Crippen LogP contribution in [0, 0.1) is 11.8 Å². The zero-order valence-corrected chi connectivity index (χ0v) is 12.4. The van der Waals surface area contributed by atoms with Crippen molar-refractivity contribution in [3.05, 3.63) is 64.2 Å². The van der Waals surface area contributed by atoms with Gasteiger partial charge in [0.2, 0.25) is 5.91 Å². The molecule has 6 nitrogen and oxygen atoms in total. The van der Waals surface area contributed by atoms with Gasteiger partial charge in [-0.2, -0.15) is 0 Å². The van der Waals surface area contributed by atoms with E-state index >= 15 is 0 Å². The predicted molar refractivity (Wildman–Crippen MR) is 84.9 cm³/mol. The number of nitrogens with one attached hydrogen (secondary N) is 2. The molecule has 6 heteroatoms. The molecule has 2 N–H and O–H groups in total. The standard InChI is InChI=1S/C17H14N2O4/c1-12(20)19-15-7-4-13(5-8-15)3-2-10-18-17(22)14-6-9-16(21)23-11-14/h4-9,11H,10H2,1H3,(H,18,22)(H,19,20). The lowest BCUT2D eigenvalue weighted by molar-refractivity contribution is -0.114. The third kappa shape index (κ3) is 5.17. The third-order valence-corrected chi connectivity index (χ3v) is 2.74. The molecule has 1 heterocycles. The van der Waals surface area contributed by atoms with Gasteiger partial charge in [-0.15, -0.1) is 0 Å². The van der Waals surface area contributed by atoms with Crippen LogP contribution >= 0.6 is 0 Å². The summed E-state index contributed by atoms with van der Waals surface area (Å²) in [4.78, 5) is 33.4. The van der Waals surface area contributed by atoms with Crippen molar-refractivity contribution >= 4 is 17.5 Å². The highest BCUT2D eigenvalue weighted by atomic mass is 16.4. The fraction of sp³-hybridized carbons (Fsp3) is 0.118. The average molecular weight is 310 g/mol. The molecule has 23 heavy (non-hydrogen) atoms. The summed E-state index contributed by atoms with van der Waals surface area (Å²) in [6.07, 6.45) is 1.10. The van der Waals surface area contributed by atoms with Gasteiger partial charge in [0.05, 0.1) is 12.1 Å². The minimum atomic E-state index is -0.510. The first-order valence-electron chi connectivity index (χ1n) is 6.78. The second-order valence-corrected chi connectivity index (χ2v) is 4.59. The Balaban J connectivity index is 1.88. The van der Waals surface area contributed by atoms with E-state index in [1.807, 2.05) is 0 Å². The first-order chi connectivity index (χ1) is 11.0. The highest BCUT2D eigenvalue weighted by Gasteiger charge is 2.04. The van der Waals surface area contributed by atoms with Crippen LogP contribution in [-0.2, 0) is 4.79 Å². The molecule has 0 saturated carbocycles. The maximum atomic E-state index is 11.7. The summed E-state index contributed by atoms with van der Waals surface area (Å²) >= 11 is 0. The van der Waals surface area contributed by atoms with Crippen LogP contribution in [0.4, 0.5) is 5.69 Å². The molecule has 1 aromatic carbocycles. The molecule has 2 rings (SSSR count). The van der Waals surface area contributed by atoms with E-state index in [9.17, 15) is 14.4 Å². The number of carbonyl (C=O) groups is 2. The monoisotopic (exact) mass is 310 g/mol. The van der Waals surface area contributed by atoms with E-state index in [4.69, 9.17) is 0 Å². The van der Waals surface area contributed by atoms with E-state index in [0.29, 0.717) is 5.69 Å². The summed E-state index contributed by atoms with van der Waals surface area (Å²) in [5.74, 6) is 5.20. The van der Waals surface area contributed by atoms with Gasteiger partial charge in [0.25, 0.3) is 5.91 Å². The van der Waals surface area contributed by atoms with Gasteiger partial charge in [0.1, 0.15) is 6.26 Å². The largest absolute Gasteiger partial charge is 0.430 e. The molecule has 0 aliphatic carbocycles. The summed E-state index contributed by atoms with van der Waals surface area (Å²) in [5.41, 5.74) is 1.20. The summed E-state index contributed by atoms with van der Waals surface area (Å²) in [5, 5.41) is 5.26. The first-order valence-corrected chi connectivity index (χ1v) is 6.78. The Morgan fingerprint density at radius 1 is 1.13 bits per heavy atom. The Morgan fingerprint density at radius 3 is 2.48 bits per heavy atom. The second-order valence-electron chi connectivity index (χ2n) is 4.59. The fourth-order valence-corrected chi connectivity index (χ4v) is 1.70. The van der Waals surface area contributed by atoms with Gasteiger partial charge in [-0.3, -0.25) is 9.59 Å². The Kier molecular flexibility index (Phi) is 5.31. The van der Waals surface area contributed by atoms with Gasteiger partial charge in [0, 0.05) is 24.2 Å².